The van der Waals surface area contributed by atoms with Crippen LogP contribution in [0.15, 0.2) is 24.4 Å². The zero-order valence-electron chi connectivity index (χ0n) is 8.56. The average Bonchev–Trinajstić information content (AvgIpc) is 2.30. The zero-order valence-corrected chi connectivity index (χ0v) is 9.31. The van der Waals surface area contributed by atoms with Gasteiger partial charge >= 0.3 is 5.97 Å². The molecule has 0 spiro atoms. The van der Waals surface area contributed by atoms with E-state index in [9.17, 15) is 4.79 Å². The van der Waals surface area contributed by atoms with E-state index < -0.39 is 5.97 Å². The smallest absolute Gasteiger partial charge is 0.337 e. The highest BCUT2D eigenvalue weighted by Gasteiger charge is 2.18. The molecule has 16 heavy (non-hydrogen) atoms. The molecular formula is C11H11ClN2O2. The van der Waals surface area contributed by atoms with E-state index in [0.29, 0.717) is 5.82 Å². The van der Waals surface area contributed by atoms with Gasteiger partial charge in [0.1, 0.15) is 5.82 Å². The van der Waals surface area contributed by atoms with Gasteiger partial charge in [0, 0.05) is 19.3 Å². The summed E-state index contributed by atoms with van der Waals surface area (Å²) in [4.78, 5) is 17.0. The van der Waals surface area contributed by atoms with Gasteiger partial charge in [-0.05, 0) is 12.5 Å². The summed E-state index contributed by atoms with van der Waals surface area (Å²) in [7, 11) is 0. The molecule has 0 saturated carbocycles. The van der Waals surface area contributed by atoms with Crippen LogP contribution in [0.2, 0.25) is 5.02 Å². The van der Waals surface area contributed by atoms with E-state index in [1.165, 1.54) is 12.3 Å². The van der Waals surface area contributed by atoms with Gasteiger partial charge in [-0.1, -0.05) is 23.8 Å². The first-order chi connectivity index (χ1) is 7.70. The lowest BCUT2D eigenvalue weighted by Crippen LogP contribution is -2.28. The van der Waals surface area contributed by atoms with Gasteiger partial charge in [0.2, 0.25) is 0 Å². The molecule has 2 heterocycles. The van der Waals surface area contributed by atoms with E-state index in [4.69, 9.17) is 16.7 Å². The summed E-state index contributed by atoms with van der Waals surface area (Å²) in [6, 6.07) is 1.41. The highest BCUT2D eigenvalue weighted by molar-refractivity contribution is 6.35. The Balaban J connectivity index is 2.37. The maximum Gasteiger partial charge on any atom is 0.337 e. The number of hydrogen-bond donors (Lipinski definition) is 1. The van der Waals surface area contributed by atoms with Crippen LogP contribution in [0.3, 0.4) is 0 Å². The molecule has 0 amide bonds. The summed E-state index contributed by atoms with van der Waals surface area (Å²) in [6.07, 6.45) is 6.51. The third-order valence-corrected chi connectivity index (χ3v) is 2.83. The predicted molar refractivity (Wildman–Crippen MR) is 62.2 cm³/mol. The summed E-state index contributed by atoms with van der Waals surface area (Å²) in [5, 5.41) is 9.16. The quantitative estimate of drug-likeness (QED) is 0.803. The molecule has 1 N–H and O–H groups in total. The average molecular weight is 239 g/mol. The largest absolute Gasteiger partial charge is 0.478 e. The minimum absolute atomic E-state index is 0.0984. The summed E-state index contributed by atoms with van der Waals surface area (Å²) in [5.74, 6) is -0.480. The lowest BCUT2D eigenvalue weighted by atomic mass is 10.2. The maximum absolute atomic E-state index is 10.9. The standard InChI is InChI=1S/C11H11ClN2O2/c12-9-8(11(15)16)4-5-13-10(9)14-6-2-1-3-7-14/h1-2,4-5H,3,6-7H2,(H,15,16). The molecule has 84 valence electrons. The molecule has 2 rings (SSSR count). The van der Waals surface area contributed by atoms with Crippen molar-refractivity contribution in [1.82, 2.24) is 4.98 Å². The number of aromatic carboxylic acids is 1. The molecule has 0 fully saturated rings. The van der Waals surface area contributed by atoms with Gasteiger partial charge in [-0.2, -0.15) is 0 Å². The number of pyridine rings is 1. The van der Waals surface area contributed by atoms with Crippen molar-refractivity contribution < 1.29 is 9.90 Å². The Kier molecular flexibility index (Phi) is 3.10. The monoisotopic (exact) mass is 238 g/mol. The molecule has 0 saturated heterocycles. The minimum Gasteiger partial charge on any atom is -0.478 e. The van der Waals surface area contributed by atoms with E-state index >= 15 is 0 Å². The van der Waals surface area contributed by atoms with Crippen molar-refractivity contribution in [3.05, 3.63) is 35.0 Å². The Morgan fingerprint density at radius 3 is 2.94 bits per heavy atom. The highest BCUT2D eigenvalue weighted by atomic mass is 35.5. The number of anilines is 1. The van der Waals surface area contributed by atoms with Gasteiger partial charge in [0.25, 0.3) is 0 Å². The molecule has 1 aromatic heterocycles. The summed E-state index contributed by atoms with van der Waals surface area (Å²) in [6.45, 7) is 1.53. The first kappa shape index (κ1) is 11.0. The molecule has 0 radical (unpaired) electrons. The minimum atomic E-state index is -1.03. The molecule has 0 unspecified atom stereocenters. The van der Waals surface area contributed by atoms with Gasteiger partial charge < -0.3 is 10.0 Å². The Bertz CT molecular complexity index is 446. The number of nitrogens with zero attached hydrogens (tertiary/aromatic N) is 2. The number of aromatic nitrogens is 1. The first-order valence-electron chi connectivity index (χ1n) is 4.98. The van der Waals surface area contributed by atoms with Gasteiger partial charge in [-0.15, -0.1) is 0 Å². The van der Waals surface area contributed by atoms with Crippen LogP contribution in [0.4, 0.5) is 5.82 Å². The highest BCUT2D eigenvalue weighted by Crippen LogP contribution is 2.27. The molecule has 0 aliphatic carbocycles. The van der Waals surface area contributed by atoms with Crippen LogP contribution in [-0.2, 0) is 0 Å². The second-order valence-corrected chi connectivity index (χ2v) is 3.89. The van der Waals surface area contributed by atoms with E-state index in [0.717, 1.165) is 19.5 Å². The molecular weight excluding hydrogens is 228 g/mol. The summed E-state index contributed by atoms with van der Waals surface area (Å²) < 4.78 is 0. The van der Waals surface area contributed by atoms with Crippen molar-refractivity contribution in [2.24, 2.45) is 0 Å². The van der Waals surface area contributed by atoms with E-state index in [-0.39, 0.29) is 10.6 Å². The topological polar surface area (TPSA) is 53.4 Å². The fourth-order valence-electron chi connectivity index (χ4n) is 1.65. The predicted octanol–water partition coefficient (Wildman–Crippen LogP) is 2.20. The lowest BCUT2D eigenvalue weighted by molar-refractivity contribution is 0.0697. The van der Waals surface area contributed by atoms with Crippen molar-refractivity contribution in [3.63, 3.8) is 0 Å². The Hall–Kier alpha value is -1.55. The number of carbonyl (C=O) groups is 1. The Morgan fingerprint density at radius 2 is 2.31 bits per heavy atom. The SMILES string of the molecule is O=C(O)c1ccnc(N2CC=CCC2)c1Cl. The van der Waals surface area contributed by atoms with Crippen molar-refractivity contribution in [2.45, 2.75) is 6.42 Å². The van der Waals surface area contributed by atoms with E-state index in [1.807, 2.05) is 11.0 Å². The van der Waals surface area contributed by atoms with Crippen molar-refractivity contribution in [2.75, 3.05) is 18.0 Å². The van der Waals surface area contributed by atoms with Crippen LogP contribution in [0.1, 0.15) is 16.8 Å². The second-order valence-electron chi connectivity index (χ2n) is 3.51. The molecule has 1 aliphatic heterocycles. The zero-order chi connectivity index (χ0) is 11.5. The second kappa shape index (κ2) is 4.53. The van der Waals surface area contributed by atoms with Crippen molar-refractivity contribution in [1.29, 1.82) is 0 Å². The van der Waals surface area contributed by atoms with Crippen LogP contribution in [-0.4, -0.2) is 29.1 Å². The Labute approximate surface area is 98.2 Å². The van der Waals surface area contributed by atoms with Crippen LogP contribution < -0.4 is 4.90 Å². The molecule has 0 atom stereocenters. The molecule has 0 aromatic carbocycles. The fraction of sp³-hybridized carbons (Fsp3) is 0.273. The van der Waals surface area contributed by atoms with Gasteiger partial charge in [0.15, 0.2) is 0 Å². The van der Waals surface area contributed by atoms with Gasteiger partial charge in [0.05, 0.1) is 10.6 Å². The summed E-state index contributed by atoms with van der Waals surface area (Å²) >= 11 is 6.03. The van der Waals surface area contributed by atoms with Crippen LogP contribution in [0, 0.1) is 0 Å². The maximum atomic E-state index is 10.9. The number of hydrogen-bond acceptors (Lipinski definition) is 3. The molecule has 4 nitrogen and oxygen atoms in total. The molecule has 1 aliphatic rings. The van der Waals surface area contributed by atoms with Gasteiger partial charge in [-0.3, -0.25) is 0 Å². The summed E-state index contributed by atoms with van der Waals surface area (Å²) in [5.41, 5.74) is 0.0984. The van der Waals surface area contributed by atoms with Crippen LogP contribution >= 0.6 is 11.6 Å². The number of rotatable bonds is 2. The third kappa shape index (κ3) is 2.02. The van der Waals surface area contributed by atoms with E-state index in [2.05, 4.69) is 11.1 Å². The van der Waals surface area contributed by atoms with Gasteiger partial charge in [-0.25, -0.2) is 9.78 Å². The third-order valence-electron chi connectivity index (χ3n) is 2.46. The molecule has 5 heteroatoms. The number of carboxylic acids is 1. The lowest BCUT2D eigenvalue weighted by Gasteiger charge is -2.25. The number of carboxylic acid groups (broad SMARTS) is 1. The van der Waals surface area contributed by atoms with Crippen LogP contribution in [0.25, 0.3) is 0 Å². The van der Waals surface area contributed by atoms with Crippen molar-refractivity contribution >= 4 is 23.4 Å². The first-order valence-corrected chi connectivity index (χ1v) is 5.35. The Morgan fingerprint density at radius 1 is 1.50 bits per heavy atom. The van der Waals surface area contributed by atoms with Crippen LogP contribution in [0.5, 0.6) is 0 Å². The molecule has 1 aromatic rings. The normalized spacial score (nSPS) is 15.2. The fourth-order valence-corrected chi connectivity index (χ4v) is 1.96. The molecule has 0 bridgehead atoms. The van der Waals surface area contributed by atoms with E-state index in [1.54, 1.807) is 0 Å². The number of halogens is 1. The van der Waals surface area contributed by atoms with Crippen molar-refractivity contribution in [3.8, 4) is 0 Å².